The molecule has 0 atom stereocenters. The summed E-state index contributed by atoms with van der Waals surface area (Å²) < 4.78 is 7.89. The van der Waals surface area contributed by atoms with Gasteiger partial charge < -0.3 is 4.74 Å². The number of pyridine rings is 2. The number of carbonyl (C=O) groups is 1. The van der Waals surface area contributed by atoms with Crippen LogP contribution >= 0.6 is 15.9 Å². The summed E-state index contributed by atoms with van der Waals surface area (Å²) in [4.78, 5) is 32.7. The molecule has 33 heavy (non-hydrogen) atoms. The molecule has 0 spiro atoms. The van der Waals surface area contributed by atoms with Gasteiger partial charge in [-0.3, -0.25) is 19.1 Å². The molecule has 1 aliphatic heterocycles. The lowest BCUT2D eigenvalue weighted by molar-refractivity contribution is -0.144. The molecular weight excluding hydrogens is 482 g/mol. The van der Waals surface area contributed by atoms with Crippen molar-refractivity contribution in [2.24, 2.45) is 0 Å². The van der Waals surface area contributed by atoms with E-state index < -0.39 is 0 Å². The van der Waals surface area contributed by atoms with Crippen LogP contribution in [0.2, 0.25) is 0 Å². The van der Waals surface area contributed by atoms with Crippen LogP contribution in [0.25, 0.3) is 22.2 Å². The second-order valence-electron chi connectivity index (χ2n) is 8.53. The van der Waals surface area contributed by atoms with E-state index >= 15 is 0 Å². The molecule has 1 aromatic carbocycles. The maximum Gasteiger partial charge on any atom is 0.320 e. The van der Waals surface area contributed by atoms with Crippen molar-refractivity contribution in [1.29, 1.82) is 0 Å². The SMILES string of the molecule is CCOC(=O)CN1CCC(c2c(-c3cccc(Br)c3)c3ccc(C)nc3n(CC)c2=O)CC1. The van der Waals surface area contributed by atoms with Crippen molar-refractivity contribution in [3.8, 4) is 11.1 Å². The van der Waals surface area contributed by atoms with Crippen molar-refractivity contribution < 1.29 is 9.53 Å². The highest BCUT2D eigenvalue weighted by Crippen LogP contribution is 2.38. The van der Waals surface area contributed by atoms with Gasteiger partial charge >= 0.3 is 5.97 Å². The summed E-state index contributed by atoms with van der Waals surface area (Å²) in [6, 6.07) is 12.2. The smallest absolute Gasteiger partial charge is 0.320 e. The maximum absolute atomic E-state index is 13.9. The van der Waals surface area contributed by atoms with Gasteiger partial charge in [0.25, 0.3) is 5.56 Å². The predicted octanol–water partition coefficient (Wildman–Crippen LogP) is 4.90. The molecule has 0 aliphatic carbocycles. The van der Waals surface area contributed by atoms with Crippen LogP contribution in [0, 0.1) is 6.92 Å². The van der Waals surface area contributed by atoms with Crippen molar-refractivity contribution >= 4 is 32.9 Å². The molecule has 6 nitrogen and oxygen atoms in total. The largest absolute Gasteiger partial charge is 0.465 e. The van der Waals surface area contributed by atoms with E-state index in [1.807, 2.05) is 43.5 Å². The highest BCUT2D eigenvalue weighted by atomic mass is 79.9. The zero-order chi connectivity index (χ0) is 23.5. The fraction of sp³-hybridized carbons (Fsp3) is 0.423. The van der Waals surface area contributed by atoms with Gasteiger partial charge in [0, 0.05) is 33.2 Å². The molecule has 174 valence electrons. The number of carbonyl (C=O) groups excluding carboxylic acids is 1. The predicted molar refractivity (Wildman–Crippen MR) is 135 cm³/mol. The number of hydrogen-bond donors (Lipinski definition) is 0. The number of hydrogen-bond acceptors (Lipinski definition) is 5. The van der Waals surface area contributed by atoms with Gasteiger partial charge in [-0.2, -0.15) is 0 Å². The van der Waals surface area contributed by atoms with Crippen LogP contribution in [0.15, 0.2) is 45.7 Å². The number of ether oxygens (including phenoxy) is 1. The number of fused-ring (bicyclic) bond motifs is 1. The molecule has 0 radical (unpaired) electrons. The first-order valence-corrected chi connectivity index (χ1v) is 12.4. The zero-order valence-corrected chi connectivity index (χ0v) is 21.0. The second kappa shape index (κ2) is 10.2. The minimum atomic E-state index is -0.189. The van der Waals surface area contributed by atoms with Crippen LogP contribution in [0.4, 0.5) is 0 Å². The van der Waals surface area contributed by atoms with Crippen LogP contribution in [0.1, 0.15) is 43.9 Å². The number of likely N-dealkylation sites (tertiary alicyclic amines) is 1. The number of aryl methyl sites for hydroxylation is 2. The van der Waals surface area contributed by atoms with E-state index in [0.29, 0.717) is 19.7 Å². The quantitative estimate of drug-likeness (QED) is 0.440. The average Bonchev–Trinajstić information content (AvgIpc) is 2.79. The molecule has 1 saturated heterocycles. The minimum absolute atomic E-state index is 0.0434. The lowest BCUT2D eigenvalue weighted by atomic mass is 9.84. The Morgan fingerprint density at radius 2 is 1.94 bits per heavy atom. The number of nitrogens with zero attached hydrogens (tertiary/aromatic N) is 3. The third-order valence-electron chi connectivity index (χ3n) is 6.37. The van der Waals surface area contributed by atoms with Crippen LogP contribution in [-0.2, 0) is 16.1 Å². The van der Waals surface area contributed by atoms with Crippen LogP contribution in [0.3, 0.4) is 0 Å². The number of piperidine rings is 1. The normalized spacial score (nSPS) is 15.2. The Morgan fingerprint density at radius 1 is 1.18 bits per heavy atom. The highest BCUT2D eigenvalue weighted by molar-refractivity contribution is 9.10. The number of benzene rings is 1. The lowest BCUT2D eigenvalue weighted by Gasteiger charge is -2.32. The van der Waals surface area contributed by atoms with Crippen molar-refractivity contribution in [2.75, 3.05) is 26.2 Å². The molecule has 4 rings (SSSR count). The van der Waals surface area contributed by atoms with Crippen LogP contribution in [-0.4, -0.2) is 46.7 Å². The van der Waals surface area contributed by atoms with Gasteiger partial charge in [0.1, 0.15) is 5.65 Å². The average molecular weight is 512 g/mol. The number of rotatable bonds is 6. The van der Waals surface area contributed by atoms with Gasteiger partial charge in [-0.05, 0) is 82.4 Å². The third kappa shape index (κ3) is 4.89. The van der Waals surface area contributed by atoms with Gasteiger partial charge in [-0.15, -0.1) is 0 Å². The standard InChI is InChI=1S/C26H30BrN3O3/c1-4-30-25-21(10-9-17(3)28-25)23(19-7-6-8-20(27)15-19)24(26(30)32)18-11-13-29(14-12-18)16-22(31)33-5-2/h6-10,15,18H,4-5,11-14,16H2,1-3H3. The molecular formula is C26H30BrN3O3. The van der Waals surface area contributed by atoms with Crippen LogP contribution in [0.5, 0.6) is 0 Å². The minimum Gasteiger partial charge on any atom is -0.465 e. The van der Waals surface area contributed by atoms with Crippen molar-refractivity contribution in [3.63, 3.8) is 0 Å². The summed E-state index contributed by atoms with van der Waals surface area (Å²) in [5, 5.41) is 1.00. The van der Waals surface area contributed by atoms with Crippen molar-refractivity contribution in [3.05, 3.63) is 62.5 Å². The molecule has 1 fully saturated rings. The fourth-order valence-electron chi connectivity index (χ4n) is 4.83. The Morgan fingerprint density at radius 3 is 2.61 bits per heavy atom. The van der Waals surface area contributed by atoms with E-state index in [2.05, 4.69) is 39.0 Å². The first-order valence-electron chi connectivity index (χ1n) is 11.6. The monoisotopic (exact) mass is 511 g/mol. The molecule has 7 heteroatoms. The molecule has 3 aromatic rings. The summed E-state index contributed by atoms with van der Waals surface area (Å²) in [6.07, 6.45) is 1.65. The summed E-state index contributed by atoms with van der Waals surface area (Å²) in [5.74, 6) is -0.0697. The van der Waals surface area contributed by atoms with E-state index in [4.69, 9.17) is 9.72 Å². The Labute approximate surface area is 202 Å². The Kier molecular flexibility index (Phi) is 7.29. The molecule has 2 aromatic heterocycles. The number of aromatic nitrogens is 2. The van der Waals surface area contributed by atoms with E-state index in [1.54, 1.807) is 0 Å². The summed E-state index contributed by atoms with van der Waals surface area (Å²) in [6.45, 7) is 8.56. The van der Waals surface area contributed by atoms with Gasteiger partial charge in [-0.1, -0.05) is 28.1 Å². The molecule has 3 heterocycles. The van der Waals surface area contributed by atoms with Gasteiger partial charge in [0.2, 0.25) is 0 Å². The molecule has 0 amide bonds. The van der Waals surface area contributed by atoms with E-state index in [-0.39, 0.29) is 17.4 Å². The van der Waals surface area contributed by atoms with E-state index in [0.717, 1.165) is 63.8 Å². The van der Waals surface area contributed by atoms with E-state index in [1.165, 1.54) is 0 Å². The first-order chi connectivity index (χ1) is 15.9. The van der Waals surface area contributed by atoms with Gasteiger partial charge in [-0.25, -0.2) is 4.98 Å². The summed E-state index contributed by atoms with van der Waals surface area (Å²) in [5.41, 5.74) is 4.54. The zero-order valence-electron chi connectivity index (χ0n) is 19.4. The van der Waals surface area contributed by atoms with Gasteiger partial charge in [0.15, 0.2) is 0 Å². The second-order valence-corrected chi connectivity index (χ2v) is 9.44. The van der Waals surface area contributed by atoms with E-state index in [9.17, 15) is 9.59 Å². The Hall–Kier alpha value is -2.51. The van der Waals surface area contributed by atoms with Crippen molar-refractivity contribution in [2.45, 2.75) is 46.1 Å². The topological polar surface area (TPSA) is 64.4 Å². The van der Waals surface area contributed by atoms with Crippen LogP contribution < -0.4 is 5.56 Å². The molecule has 1 aliphatic rings. The molecule has 0 saturated carbocycles. The molecule has 0 bridgehead atoms. The Balaban J connectivity index is 1.82. The summed E-state index contributed by atoms with van der Waals surface area (Å²) in [7, 11) is 0. The first kappa shape index (κ1) is 23.6. The fourth-order valence-corrected chi connectivity index (χ4v) is 5.23. The number of halogens is 1. The molecule has 0 N–H and O–H groups in total. The number of esters is 1. The summed E-state index contributed by atoms with van der Waals surface area (Å²) >= 11 is 3.60. The van der Waals surface area contributed by atoms with Gasteiger partial charge in [0.05, 0.1) is 13.2 Å². The highest BCUT2D eigenvalue weighted by Gasteiger charge is 2.29. The third-order valence-corrected chi connectivity index (χ3v) is 6.86. The lowest BCUT2D eigenvalue weighted by Crippen LogP contribution is -2.39. The van der Waals surface area contributed by atoms with Crippen molar-refractivity contribution in [1.82, 2.24) is 14.5 Å². The molecule has 0 unspecified atom stereocenters. The Bertz CT molecular complexity index is 1230. The maximum atomic E-state index is 13.9.